The minimum Gasteiger partial charge on any atom is -0.325 e. The van der Waals surface area contributed by atoms with Crippen LogP contribution in [0.4, 0.5) is 5.69 Å². The Hall–Kier alpha value is -1.63. The van der Waals surface area contributed by atoms with Crippen molar-refractivity contribution in [1.82, 2.24) is 9.97 Å². The van der Waals surface area contributed by atoms with Gasteiger partial charge in [0.1, 0.15) is 9.98 Å². The van der Waals surface area contributed by atoms with Gasteiger partial charge in [-0.05, 0) is 50.8 Å². The van der Waals surface area contributed by atoms with Gasteiger partial charge in [-0.25, -0.2) is 9.97 Å². The van der Waals surface area contributed by atoms with Crippen LogP contribution in [-0.4, -0.2) is 21.1 Å². The first-order chi connectivity index (χ1) is 12.5. The maximum atomic E-state index is 12.4. The van der Waals surface area contributed by atoms with Crippen LogP contribution in [0.3, 0.4) is 0 Å². The van der Waals surface area contributed by atoms with E-state index in [2.05, 4.69) is 15.3 Å². The van der Waals surface area contributed by atoms with Crippen molar-refractivity contribution in [3.05, 3.63) is 45.4 Å². The van der Waals surface area contributed by atoms with E-state index in [9.17, 15) is 4.79 Å². The Balaban J connectivity index is 1.51. The van der Waals surface area contributed by atoms with Crippen LogP contribution >= 0.6 is 34.7 Å². The molecular weight excluding hydrogens is 386 g/mol. The molecule has 0 spiro atoms. The van der Waals surface area contributed by atoms with E-state index in [4.69, 9.17) is 11.6 Å². The SMILES string of the molecule is Cc1ccc(NC(=O)C(C)Sc2nc(Cl)c3c4c(sc3n2)CCC4)cc1. The second-order valence-electron chi connectivity index (χ2n) is 6.45. The van der Waals surface area contributed by atoms with E-state index >= 15 is 0 Å². The maximum Gasteiger partial charge on any atom is 0.237 e. The molecule has 1 amide bonds. The number of rotatable bonds is 4. The first-order valence-corrected chi connectivity index (χ1v) is 10.6. The van der Waals surface area contributed by atoms with E-state index in [1.165, 1.54) is 28.6 Å². The topological polar surface area (TPSA) is 54.9 Å². The van der Waals surface area contributed by atoms with E-state index in [-0.39, 0.29) is 11.2 Å². The monoisotopic (exact) mass is 403 g/mol. The normalized spacial score (nSPS) is 14.4. The van der Waals surface area contributed by atoms with Gasteiger partial charge in [-0.3, -0.25) is 4.79 Å². The zero-order chi connectivity index (χ0) is 18.3. The van der Waals surface area contributed by atoms with Gasteiger partial charge in [0.05, 0.1) is 10.6 Å². The largest absolute Gasteiger partial charge is 0.325 e. The molecule has 0 saturated carbocycles. The Kier molecular flexibility index (Phi) is 4.90. The van der Waals surface area contributed by atoms with Crippen LogP contribution in [0.25, 0.3) is 10.2 Å². The molecular formula is C19H18ClN3OS2. The lowest BCUT2D eigenvalue weighted by atomic mass is 10.2. The fourth-order valence-corrected chi connectivity index (χ4v) is 5.56. The summed E-state index contributed by atoms with van der Waals surface area (Å²) in [5, 5.41) is 4.66. The fourth-order valence-electron chi connectivity index (χ4n) is 3.08. The molecule has 0 saturated heterocycles. The third kappa shape index (κ3) is 3.46. The van der Waals surface area contributed by atoms with Crippen molar-refractivity contribution in [3.8, 4) is 0 Å². The molecule has 1 aliphatic rings. The Morgan fingerprint density at radius 1 is 1.27 bits per heavy atom. The third-order valence-electron chi connectivity index (χ3n) is 4.47. The van der Waals surface area contributed by atoms with E-state index < -0.39 is 0 Å². The first kappa shape index (κ1) is 17.8. The van der Waals surface area contributed by atoms with Gasteiger partial charge in [0.2, 0.25) is 5.91 Å². The molecule has 2 heterocycles. The lowest BCUT2D eigenvalue weighted by Crippen LogP contribution is -2.22. The molecule has 0 aliphatic heterocycles. The highest BCUT2D eigenvalue weighted by atomic mass is 35.5. The molecule has 1 aliphatic carbocycles. The highest BCUT2D eigenvalue weighted by Gasteiger charge is 2.23. The second kappa shape index (κ2) is 7.18. The smallest absolute Gasteiger partial charge is 0.237 e. The standard InChI is InChI=1S/C19H18ClN3OS2/c1-10-6-8-12(9-7-10)21-17(24)11(2)25-19-22-16(20)15-13-4-3-5-14(13)26-18(15)23-19/h6-9,11H,3-5H2,1-2H3,(H,21,24). The zero-order valence-corrected chi connectivity index (χ0v) is 16.9. The summed E-state index contributed by atoms with van der Waals surface area (Å²) in [7, 11) is 0. The molecule has 4 nitrogen and oxygen atoms in total. The Labute approximate surface area is 165 Å². The number of nitrogens with one attached hydrogen (secondary N) is 1. The third-order valence-corrected chi connectivity index (χ3v) is 6.89. The van der Waals surface area contributed by atoms with Crippen LogP contribution < -0.4 is 5.32 Å². The quantitative estimate of drug-likeness (QED) is 0.366. The number of hydrogen-bond acceptors (Lipinski definition) is 5. The van der Waals surface area contributed by atoms with Gasteiger partial charge in [-0.1, -0.05) is 41.1 Å². The van der Waals surface area contributed by atoms with Gasteiger partial charge in [0, 0.05) is 10.6 Å². The number of hydrogen-bond donors (Lipinski definition) is 1. The number of halogens is 1. The number of thiophene rings is 1. The highest BCUT2D eigenvalue weighted by molar-refractivity contribution is 8.00. The van der Waals surface area contributed by atoms with E-state index in [0.29, 0.717) is 10.3 Å². The van der Waals surface area contributed by atoms with Crippen LogP contribution in [0.1, 0.15) is 29.3 Å². The number of fused-ring (bicyclic) bond motifs is 3. The molecule has 1 N–H and O–H groups in total. The summed E-state index contributed by atoms with van der Waals surface area (Å²) < 4.78 is 0. The predicted molar refractivity (Wildman–Crippen MR) is 110 cm³/mol. The molecule has 26 heavy (non-hydrogen) atoms. The zero-order valence-electron chi connectivity index (χ0n) is 14.5. The molecule has 2 aromatic heterocycles. The summed E-state index contributed by atoms with van der Waals surface area (Å²) >= 11 is 9.47. The number of thioether (sulfide) groups is 1. The van der Waals surface area contributed by atoms with Crippen molar-refractivity contribution in [2.24, 2.45) is 0 Å². The Bertz CT molecular complexity index is 985. The number of carbonyl (C=O) groups excluding carboxylic acids is 1. The van der Waals surface area contributed by atoms with Crippen molar-refractivity contribution < 1.29 is 4.79 Å². The van der Waals surface area contributed by atoms with Gasteiger partial charge in [0.25, 0.3) is 0 Å². The van der Waals surface area contributed by atoms with Gasteiger partial charge in [0.15, 0.2) is 5.16 Å². The maximum absolute atomic E-state index is 12.4. The van der Waals surface area contributed by atoms with Crippen LogP contribution in [0.2, 0.25) is 5.15 Å². The summed E-state index contributed by atoms with van der Waals surface area (Å²) in [6.45, 7) is 3.87. The number of aromatic nitrogens is 2. The molecule has 7 heteroatoms. The molecule has 1 aromatic carbocycles. The van der Waals surface area contributed by atoms with Crippen molar-refractivity contribution in [3.63, 3.8) is 0 Å². The highest BCUT2D eigenvalue weighted by Crippen LogP contribution is 2.40. The van der Waals surface area contributed by atoms with Crippen molar-refractivity contribution in [2.75, 3.05) is 5.32 Å². The summed E-state index contributed by atoms with van der Waals surface area (Å²) in [6, 6.07) is 7.74. The average molecular weight is 404 g/mol. The molecule has 1 atom stereocenters. The number of aryl methyl sites for hydroxylation is 3. The van der Waals surface area contributed by atoms with Crippen molar-refractivity contribution in [2.45, 2.75) is 43.5 Å². The Morgan fingerprint density at radius 2 is 2.04 bits per heavy atom. The first-order valence-electron chi connectivity index (χ1n) is 8.53. The number of anilines is 1. The number of amides is 1. The van der Waals surface area contributed by atoms with Crippen LogP contribution in [0.5, 0.6) is 0 Å². The molecule has 1 unspecified atom stereocenters. The van der Waals surface area contributed by atoms with Gasteiger partial charge >= 0.3 is 0 Å². The van der Waals surface area contributed by atoms with Gasteiger partial charge in [-0.2, -0.15) is 0 Å². The van der Waals surface area contributed by atoms with Crippen LogP contribution in [-0.2, 0) is 17.6 Å². The van der Waals surface area contributed by atoms with E-state index in [1.54, 1.807) is 11.3 Å². The second-order valence-corrected chi connectivity index (χ2v) is 9.20. The fraction of sp³-hybridized carbons (Fsp3) is 0.316. The molecule has 134 valence electrons. The summed E-state index contributed by atoms with van der Waals surface area (Å²) in [4.78, 5) is 23.8. The molecule has 3 aromatic rings. The minimum absolute atomic E-state index is 0.0765. The number of benzene rings is 1. The predicted octanol–water partition coefficient (Wildman–Crippen LogP) is 5.26. The molecule has 0 radical (unpaired) electrons. The van der Waals surface area contributed by atoms with Crippen LogP contribution in [0, 0.1) is 6.92 Å². The van der Waals surface area contributed by atoms with Crippen molar-refractivity contribution >= 4 is 56.5 Å². The van der Waals surface area contributed by atoms with E-state index in [0.717, 1.165) is 34.3 Å². The minimum atomic E-state index is -0.323. The summed E-state index contributed by atoms with van der Waals surface area (Å²) in [6.07, 6.45) is 3.34. The molecule has 0 fully saturated rings. The van der Waals surface area contributed by atoms with Gasteiger partial charge in [-0.15, -0.1) is 11.3 Å². The lowest BCUT2D eigenvalue weighted by molar-refractivity contribution is -0.115. The van der Waals surface area contributed by atoms with E-state index in [1.807, 2.05) is 38.1 Å². The lowest BCUT2D eigenvalue weighted by Gasteiger charge is -2.11. The van der Waals surface area contributed by atoms with Gasteiger partial charge < -0.3 is 5.32 Å². The van der Waals surface area contributed by atoms with Crippen molar-refractivity contribution in [1.29, 1.82) is 0 Å². The average Bonchev–Trinajstić information content (AvgIpc) is 3.17. The Morgan fingerprint density at radius 3 is 2.81 bits per heavy atom. The van der Waals surface area contributed by atoms with Crippen LogP contribution in [0.15, 0.2) is 29.4 Å². The molecule has 0 bridgehead atoms. The summed E-state index contributed by atoms with van der Waals surface area (Å²) in [5.41, 5.74) is 3.26. The number of nitrogens with zero attached hydrogens (tertiary/aromatic N) is 2. The number of carbonyl (C=O) groups is 1. The summed E-state index contributed by atoms with van der Waals surface area (Å²) in [5.74, 6) is -0.0765. The molecule has 4 rings (SSSR count).